The molecule has 166 valence electrons. The number of aryl methyl sites for hydroxylation is 1. The molecule has 0 saturated carbocycles. The SMILES string of the molecule is Cc1ccc(C(c2ccc(F)cc2)c2ccc(-c3ccccc3)cc2)cc1Cc1ccccc1. The Morgan fingerprint density at radius 2 is 1.09 bits per heavy atom. The van der Waals surface area contributed by atoms with Crippen LogP contribution in [0.3, 0.4) is 0 Å². The van der Waals surface area contributed by atoms with Crippen molar-refractivity contribution in [1.82, 2.24) is 0 Å². The summed E-state index contributed by atoms with van der Waals surface area (Å²) in [6.07, 6.45) is 0.892. The fraction of sp³-hybridized carbons (Fsp3) is 0.0909. The average molecular weight is 443 g/mol. The quantitative estimate of drug-likeness (QED) is 0.231. The van der Waals surface area contributed by atoms with E-state index in [2.05, 4.69) is 104 Å². The minimum absolute atomic E-state index is 0.0283. The van der Waals surface area contributed by atoms with Gasteiger partial charge in [-0.1, -0.05) is 115 Å². The van der Waals surface area contributed by atoms with Gasteiger partial charge in [0.1, 0.15) is 5.82 Å². The molecule has 0 amide bonds. The minimum Gasteiger partial charge on any atom is -0.207 e. The molecule has 0 bridgehead atoms. The van der Waals surface area contributed by atoms with Crippen LogP contribution in [0.15, 0.2) is 127 Å². The third kappa shape index (κ3) is 4.84. The first-order valence-corrected chi connectivity index (χ1v) is 11.7. The van der Waals surface area contributed by atoms with Gasteiger partial charge in [-0.2, -0.15) is 0 Å². The van der Waals surface area contributed by atoms with Gasteiger partial charge in [0.05, 0.1) is 0 Å². The lowest BCUT2D eigenvalue weighted by Crippen LogP contribution is -2.05. The highest BCUT2D eigenvalue weighted by Crippen LogP contribution is 2.34. The first-order valence-electron chi connectivity index (χ1n) is 11.7. The molecule has 1 atom stereocenters. The lowest BCUT2D eigenvalue weighted by atomic mass is 9.83. The van der Waals surface area contributed by atoms with Crippen molar-refractivity contribution in [3.63, 3.8) is 0 Å². The highest BCUT2D eigenvalue weighted by Gasteiger charge is 2.18. The summed E-state index contributed by atoms with van der Waals surface area (Å²) in [6, 6.07) is 43.4. The van der Waals surface area contributed by atoms with Gasteiger partial charge >= 0.3 is 0 Å². The van der Waals surface area contributed by atoms with E-state index in [-0.39, 0.29) is 11.7 Å². The molecule has 0 radical (unpaired) electrons. The van der Waals surface area contributed by atoms with E-state index in [9.17, 15) is 4.39 Å². The van der Waals surface area contributed by atoms with Gasteiger partial charge in [0.2, 0.25) is 0 Å². The van der Waals surface area contributed by atoms with Crippen LogP contribution in [0.4, 0.5) is 4.39 Å². The third-order valence-corrected chi connectivity index (χ3v) is 6.50. The summed E-state index contributed by atoms with van der Waals surface area (Å²) >= 11 is 0. The second-order valence-electron chi connectivity index (χ2n) is 8.82. The van der Waals surface area contributed by atoms with E-state index in [1.165, 1.54) is 38.9 Å². The Morgan fingerprint density at radius 1 is 0.559 bits per heavy atom. The van der Waals surface area contributed by atoms with Crippen LogP contribution in [0.5, 0.6) is 0 Å². The zero-order chi connectivity index (χ0) is 23.3. The predicted molar refractivity (Wildman–Crippen MR) is 140 cm³/mol. The summed E-state index contributed by atoms with van der Waals surface area (Å²) in [5.74, 6) is -0.184. The largest absolute Gasteiger partial charge is 0.207 e. The molecule has 5 aromatic carbocycles. The third-order valence-electron chi connectivity index (χ3n) is 6.50. The number of hydrogen-bond donors (Lipinski definition) is 0. The van der Waals surface area contributed by atoms with Crippen LogP contribution >= 0.6 is 0 Å². The molecule has 0 nitrogen and oxygen atoms in total. The molecular weight excluding hydrogens is 415 g/mol. The summed E-state index contributed by atoms with van der Waals surface area (Å²) in [5.41, 5.74) is 9.79. The summed E-state index contributed by atoms with van der Waals surface area (Å²) in [7, 11) is 0. The molecule has 5 rings (SSSR count). The van der Waals surface area contributed by atoms with Gasteiger partial charge in [-0.05, 0) is 70.0 Å². The topological polar surface area (TPSA) is 0 Å². The maximum Gasteiger partial charge on any atom is 0.123 e. The van der Waals surface area contributed by atoms with Gasteiger partial charge in [-0.3, -0.25) is 0 Å². The first kappa shape index (κ1) is 21.9. The Bertz CT molecular complexity index is 1350. The molecule has 0 aliphatic carbocycles. The van der Waals surface area contributed by atoms with Crippen LogP contribution in [0.1, 0.15) is 39.3 Å². The molecule has 0 aliphatic rings. The molecule has 1 heteroatoms. The second kappa shape index (κ2) is 9.89. The van der Waals surface area contributed by atoms with Gasteiger partial charge in [-0.25, -0.2) is 4.39 Å². The van der Waals surface area contributed by atoms with Gasteiger partial charge in [0, 0.05) is 5.92 Å². The van der Waals surface area contributed by atoms with Crippen molar-refractivity contribution in [2.45, 2.75) is 19.3 Å². The lowest BCUT2D eigenvalue weighted by Gasteiger charge is -2.21. The monoisotopic (exact) mass is 442 g/mol. The standard InChI is InChI=1S/C33H27F/c1-24-12-13-30(23-31(24)22-25-8-4-2-5-9-25)33(29-18-20-32(34)21-19-29)28-16-14-27(15-17-28)26-10-6-3-7-11-26/h2-21,23,33H,22H2,1H3. The van der Waals surface area contributed by atoms with Crippen LogP contribution in [-0.4, -0.2) is 0 Å². The van der Waals surface area contributed by atoms with Crippen molar-refractivity contribution in [2.75, 3.05) is 0 Å². The maximum atomic E-state index is 13.8. The van der Waals surface area contributed by atoms with E-state index in [0.29, 0.717) is 0 Å². The Morgan fingerprint density at radius 3 is 1.74 bits per heavy atom. The normalized spacial score (nSPS) is 11.8. The van der Waals surface area contributed by atoms with E-state index in [1.54, 1.807) is 12.1 Å². The summed E-state index contributed by atoms with van der Waals surface area (Å²) in [6.45, 7) is 2.17. The zero-order valence-corrected chi connectivity index (χ0v) is 19.3. The van der Waals surface area contributed by atoms with E-state index < -0.39 is 0 Å². The van der Waals surface area contributed by atoms with Crippen LogP contribution in [-0.2, 0) is 6.42 Å². The molecule has 0 fully saturated rings. The van der Waals surface area contributed by atoms with E-state index in [1.807, 2.05) is 18.2 Å². The van der Waals surface area contributed by atoms with Crippen molar-refractivity contribution < 1.29 is 4.39 Å². The molecule has 0 heterocycles. The Balaban J connectivity index is 1.56. The highest BCUT2D eigenvalue weighted by atomic mass is 19.1. The molecule has 34 heavy (non-hydrogen) atoms. The predicted octanol–water partition coefficient (Wildman–Crippen LogP) is 8.57. The highest BCUT2D eigenvalue weighted by molar-refractivity contribution is 5.64. The minimum atomic E-state index is -0.212. The Hall–Kier alpha value is -3.97. The lowest BCUT2D eigenvalue weighted by molar-refractivity contribution is 0.627. The fourth-order valence-corrected chi connectivity index (χ4v) is 4.61. The van der Waals surface area contributed by atoms with E-state index in [4.69, 9.17) is 0 Å². The van der Waals surface area contributed by atoms with Crippen LogP contribution in [0.25, 0.3) is 11.1 Å². The molecular formula is C33H27F. The second-order valence-corrected chi connectivity index (χ2v) is 8.82. The van der Waals surface area contributed by atoms with Crippen LogP contribution < -0.4 is 0 Å². The van der Waals surface area contributed by atoms with Gasteiger partial charge in [-0.15, -0.1) is 0 Å². The molecule has 5 aromatic rings. The number of rotatable bonds is 6. The van der Waals surface area contributed by atoms with E-state index >= 15 is 0 Å². The molecule has 0 N–H and O–H groups in total. The van der Waals surface area contributed by atoms with Crippen molar-refractivity contribution >= 4 is 0 Å². The maximum absolute atomic E-state index is 13.8. The number of hydrogen-bond acceptors (Lipinski definition) is 0. The summed E-state index contributed by atoms with van der Waals surface area (Å²) < 4.78 is 13.8. The molecule has 0 aliphatic heterocycles. The van der Waals surface area contributed by atoms with Gasteiger partial charge < -0.3 is 0 Å². The molecule has 0 saturated heterocycles. The van der Waals surface area contributed by atoms with Crippen molar-refractivity contribution in [3.8, 4) is 11.1 Å². The van der Waals surface area contributed by atoms with Crippen molar-refractivity contribution in [1.29, 1.82) is 0 Å². The summed E-state index contributed by atoms with van der Waals surface area (Å²) in [4.78, 5) is 0. The average Bonchev–Trinajstić information content (AvgIpc) is 2.89. The van der Waals surface area contributed by atoms with Crippen LogP contribution in [0, 0.1) is 12.7 Å². The van der Waals surface area contributed by atoms with Gasteiger partial charge in [0.25, 0.3) is 0 Å². The molecule has 1 unspecified atom stereocenters. The Labute approximate surface area is 201 Å². The number of halogens is 1. The molecule has 0 aromatic heterocycles. The van der Waals surface area contributed by atoms with Crippen molar-refractivity contribution in [3.05, 3.63) is 167 Å². The van der Waals surface area contributed by atoms with Crippen molar-refractivity contribution in [2.24, 2.45) is 0 Å². The summed E-state index contributed by atoms with van der Waals surface area (Å²) in [5, 5.41) is 0. The van der Waals surface area contributed by atoms with Gasteiger partial charge in [0.15, 0.2) is 0 Å². The molecule has 0 spiro atoms. The first-order chi connectivity index (χ1) is 16.7. The fourth-order valence-electron chi connectivity index (χ4n) is 4.61. The smallest absolute Gasteiger partial charge is 0.123 e. The Kier molecular flexibility index (Phi) is 6.35. The van der Waals surface area contributed by atoms with E-state index in [0.717, 1.165) is 12.0 Å². The number of benzene rings is 5. The zero-order valence-electron chi connectivity index (χ0n) is 19.3. The van der Waals surface area contributed by atoms with Crippen LogP contribution in [0.2, 0.25) is 0 Å².